The average molecular weight is 352 g/mol. The van der Waals surface area contributed by atoms with Crippen molar-refractivity contribution in [1.29, 1.82) is 0 Å². The van der Waals surface area contributed by atoms with Gasteiger partial charge in [-0.05, 0) is 38.8 Å². The first kappa shape index (κ1) is 18.6. The fraction of sp³-hybridized carbons (Fsp3) is 0.889. The SMILES string of the molecule is O=CNC1(C(C(=O)O)N2CCN(C3CCNCC3)CC2)CCCCC1. The Morgan fingerprint density at radius 3 is 2.32 bits per heavy atom. The van der Waals surface area contributed by atoms with Gasteiger partial charge in [-0.1, -0.05) is 19.3 Å². The van der Waals surface area contributed by atoms with Gasteiger partial charge in [0.2, 0.25) is 6.41 Å². The van der Waals surface area contributed by atoms with E-state index in [1.807, 2.05) is 0 Å². The van der Waals surface area contributed by atoms with Gasteiger partial charge in [0, 0.05) is 32.2 Å². The largest absolute Gasteiger partial charge is 0.480 e. The van der Waals surface area contributed by atoms with E-state index in [0.717, 1.165) is 71.4 Å². The molecule has 7 heteroatoms. The van der Waals surface area contributed by atoms with Crippen LogP contribution in [0.25, 0.3) is 0 Å². The highest BCUT2D eigenvalue weighted by Gasteiger charge is 2.47. The first-order valence-electron chi connectivity index (χ1n) is 9.79. The number of hydrogen-bond donors (Lipinski definition) is 3. The molecule has 0 aromatic rings. The van der Waals surface area contributed by atoms with Gasteiger partial charge in [-0.25, -0.2) is 0 Å². The number of aliphatic carboxylic acids is 1. The zero-order valence-electron chi connectivity index (χ0n) is 15.1. The van der Waals surface area contributed by atoms with Crippen LogP contribution in [-0.4, -0.2) is 84.2 Å². The Balaban J connectivity index is 1.67. The van der Waals surface area contributed by atoms with Gasteiger partial charge in [-0.2, -0.15) is 0 Å². The molecule has 0 spiro atoms. The lowest BCUT2D eigenvalue weighted by molar-refractivity contribution is -0.149. The number of hydrogen-bond acceptors (Lipinski definition) is 5. The Morgan fingerprint density at radius 2 is 1.76 bits per heavy atom. The minimum atomic E-state index is -0.799. The van der Waals surface area contributed by atoms with E-state index in [4.69, 9.17) is 0 Å². The fourth-order valence-corrected chi connectivity index (χ4v) is 5.07. The maximum absolute atomic E-state index is 12.1. The summed E-state index contributed by atoms with van der Waals surface area (Å²) in [7, 11) is 0. The molecule has 1 saturated carbocycles. The number of carbonyl (C=O) groups excluding carboxylic acids is 1. The monoisotopic (exact) mass is 352 g/mol. The third-order valence-electron chi connectivity index (χ3n) is 6.39. The van der Waals surface area contributed by atoms with E-state index in [2.05, 4.69) is 20.4 Å². The van der Waals surface area contributed by atoms with Gasteiger partial charge in [0.15, 0.2) is 0 Å². The topological polar surface area (TPSA) is 84.9 Å². The molecule has 1 unspecified atom stereocenters. The predicted octanol–water partition coefficient (Wildman–Crippen LogP) is 0.258. The summed E-state index contributed by atoms with van der Waals surface area (Å²) in [5.41, 5.74) is -0.608. The highest BCUT2D eigenvalue weighted by atomic mass is 16.4. The van der Waals surface area contributed by atoms with Crippen molar-refractivity contribution in [3.8, 4) is 0 Å². The zero-order chi connectivity index (χ0) is 17.7. The molecule has 1 amide bonds. The Morgan fingerprint density at radius 1 is 1.12 bits per heavy atom. The van der Waals surface area contributed by atoms with Gasteiger partial charge in [-0.15, -0.1) is 0 Å². The van der Waals surface area contributed by atoms with E-state index in [1.54, 1.807) is 0 Å². The molecule has 1 aliphatic carbocycles. The van der Waals surface area contributed by atoms with Crippen LogP contribution in [0.5, 0.6) is 0 Å². The van der Waals surface area contributed by atoms with Crippen molar-refractivity contribution in [2.24, 2.45) is 0 Å². The molecule has 3 aliphatic rings. The summed E-state index contributed by atoms with van der Waals surface area (Å²) in [5.74, 6) is -0.799. The van der Waals surface area contributed by atoms with Crippen LogP contribution in [0.15, 0.2) is 0 Å². The van der Waals surface area contributed by atoms with Crippen molar-refractivity contribution in [2.75, 3.05) is 39.3 Å². The third kappa shape index (κ3) is 4.15. The molecule has 142 valence electrons. The molecule has 7 nitrogen and oxygen atoms in total. The number of carboxylic acid groups (broad SMARTS) is 1. The molecule has 2 heterocycles. The second-order valence-electron chi connectivity index (χ2n) is 7.77. The zero-order valence-corrected chi connectivity index (χ0v) is 15.1. The van der Waals surface area contributed by atoms with Gasteiger partial charge in [0.25, 0.3) is 0 Å². The molecule has 25 heavy (non-hydrogen) atoms. The molecule has 3 rings (SSSR count). The standard InChI is InChI=1S/C18H32N4O3/c23-14-20-18(6-2-1-3-7-18)16(17(24)25)22-12-10-21(11-13-22)15-4-8-19-9-5-15/h14-16,19H,1-13H2,(H,20,23)(H,24,25). The van der Waals surface area contributed by atoms with Gasteiger partial charge in [0.05, 0.1) is 5.54 Å². The Kier molecular flexibility index (Phi) is 6.30. The quantitative estimate of drug-likeness (QED) is 0.595. The minimum absolute atomic E-state index is 0.608. The number of piperidine rings is 1. The highest BCUT2D eigenvalue weighted by Crippen LogP contribution is 2.34. The van der Waals surface area contributed by atoms with E-state index < -0.39 is 17.6 Å². The number of nitrogens with zero attached hydrogens (tertiary/aromatic N) is 2. The first-order valence-corrected chi connectivity index (χ1v) is 9.79. The van der Waals surface area contributed by atoms with Crippen LogP contribution in [0.4, 0.5) is 0 Å². The Bertz CT molecular complexity index is 453. The maximum atomic E-state index is 12.1. The number of carboxylic acids is 1. The molecule has 2 saturated heterocycles. The molecule has 0 bridgehead atoms. The molecule has 2 aliphatic heterocycles. The van der Waals surface area contributed by atoms with Crippen LogP contribution in [-0.2, 0) is 9.59 Å². The lowest BCUT2D eigenvalue weighted by atomic mass is 9.75. The smallest absolute Gasteiger partial charge is 0.323 e. The van der Waals surface area contributed by atoms with Gasteiger partial charge in [0.1, 0.15) is 6.04 Å². The number of carbonyl (C=O) groups is 2. The number of nitrogens with one attached hydrogen (secondary N) is 2. The molecule has 0 aromatic heterocycles. The first-order chi connectivity index (χ1) is 12.2. The Hall–Kier alpha value is -1.18. The summed E-state index contributed by atoms with van der Waals surface area (Å²) in [6.45, 7) is 5.54. The van der Waals surface area contributed by atoms with Gasteiger partial charge < -0.3 is 15.7 Å². The minimum Gasteiger partial charge on any atom is -0.480 e. The highest BCUT2D eigenvalue weighted by molar-refractivity contribution is 5.76. The molecule has 3 N–H and O–H groups in total. The average Bonchev–Trinajstić information content (AvgIpc) is 2.64. The van der Waals surface area contributed by atoms with Crippen LogP contribution in [0.1, 0.15) is 44.9 Å². The molecule has 3 fully saturated rings. The van der Waals surface area contributed by atoms with Crippen molar-refractivity contribution < 1.29 is 14.7 Å². The summed E-state index contributed by atoms with van der Waals surface area (Å²) >= 11 is 0. The lowest BCUT2D eigenvalue weighted by Gasteiger charge is -2.49. The van der Waals surface area contributed by atoms with Gasteiger partial charge in [-0.3, -0.25) is 19.4 Å². The number of piperazine rings is 1. The van der Waals surface area contributed by atoms with E-state index >= 15 is 0 Å². The summed E-state index contributed by atoms with van der Waals surface area (Å²) in [4.78, 5) is 28.0. The maximum Gasteiger partial charge on any atom is 0.323 e. The lowest BCUT2D eigenvalue weighted by Crippen LogP contribution is -2.67. The van der Waals surface area contributed by atoms with Crippen LogP contribution < -0.4 is 10.6 Å². The van der Waals surface area contributed by atoms with Crippen LogP contribution in [0, 0.1) is 0 Å². The van der Waals surface area contributed by atoms with Crippen molar-refractivity contribution in [2.45, 2.75) is 62.6 Å². The number of amides is 1. The van der Waals surface area contributed by atoms with Gasteiger partial charge >= 0.3 is 5.97 Å². The fourth-order valence-electron chi connectivity index (χ4n) is 5.07. The second kappa shape index (κ2) is 8.47. The van der Waals surface area contributed by atoms with Crippen LogP contribution in [0.2, 0.25) is 0 Å². The van der Waals surface area contributed by atoms with Crippen LogP contribution in [0.3, 0.4) is 0 Å². The van der Waals surface area contributed by atoms with E-state index in [1.165, 1.54) is 12.8 Å². The van der Waals surface area contributed by atoms with E-state index in [0.29, 0.717) is 12.5 Å². The molecule has 0 radical (unpaired) electrons. The van der Waals surface area contributed by atoms with Crippen molar-refractivity contribution in [3.63, 3.8) is 0 Å². The predicted molar refractivity (Wildman–Crippen MR) is 95.5 cm³/mol. The molecular formula is C18H32N4O3. The van der Waals surface area contributed by atoms with Crippen LogP contribution >= 0.6 is 0 Å². The summed E-state index contributed by atoms with van der Waals surface area (Å²) in [6, 6.07) is 0.0107. The van der Waals surface area contributed by atoms with E-state index in [-0.39, 0.29) is 0 Å². The molecular weight excluding hydrogens is 320 g/mol. The summed E-state index contributed by atoms with van der Waals surface area (Å²) in [5, 5.41) is 16.3. The van der Waals surface area contributed by atoms with E-state index in [9.17, 15) is 14.7 Å². The number of rotatable bonds is 6. The third-order valence-corrected chi connectivity index (χ3v) is 6.39. The normalized spacial score (nSPS) is 27.5. The molecule has 0 aromatic carbocycles. The second-order valence-corrected chi connectivity index (χ2v) is 7.77. The van der Waals surface area contributed by atoms with Crippen molar-refractivity contribution in [3.05, 3.63) is 0 Å². The summed E-state index contributed by atoms with van der Waals surface area (Å²) in [6.07, 6.45) is 7.68. The summed E-state index contributed by atoms with van der Waals surface area (Å²) < 4.78 is 0. The van der Waals surface area contributed by atoms with Crippen molar-refractivity contribution in [1.82, 2.24) is 20.4 Å². The molecule has 1 atom stereocenters. The Labute approximate surface area is 150 Å². The van der Waals surface area contributed by atoms with Crippen molar-refractivity contribution >= 4 is 12.4 Å².